The van der Waals surface area contributed by atoms with Gasteiger partial charge in [0, 0.05) is 16.6 Å². The van der Waals surface area contributed by atoms with Crippen molar-refractivity contribution in [3.8, 4) is 11.5 Å². The molecule has 1 saturated carbocycles. The van der Waals surface area contributed by atoms with Gasteiger partial charge in [-0.25, -0.2) is 4.79 Å². The zero-order valence-corrected chi connectivity index (χ0v) is 15.2. The molecule has 7 heteroatoms. The largest absolute Gasteiger partial charge is 0.464 e. The van der Waals surface area contributed by atoms with Crippen LogP contribution in [0.4, 0.5) is 5.69 Å². The van der Waals surface area contributed by atoms with Crippen molar-refractivity contribution >= 4 is 28.5 Å². The lowest BCUT2D eigenvalue weighted by atomic mass is 9.94. The van der Waals surface area contributed by atoms with Crippen LogP contribution in [-0.4, -0.2) is 30.8 Å². The van der Waals surface area contributed by atoms with Gasteiger partial charge >= 0.3 is 5.97 Å². The number of ether oxygens (including phenoxy) is 3. The van der Waals surface area contributed by atoms with Gasteiger partial charge in [-0.05, 0) is 54.8 Å². The van der Waals surface area contributed by atoms with E-state index in [4.69, 9.17) is 14.2 Å². The van der Waals surface area contributed by atoms with E-state index in [1.807, 2.05) is 36.4 Å². The molecular formula is C21H18N2O5. The molecule has 0 spiro atoms. The maximum absolute atomic E-state index is 13.0. The summed E-state index contributed by atoms with van der Waals surface area (Å²) >= 11 is 0. The summed E-state index contributed by atoms with van der Waals surface area (Å²) in [5, 5.41) is 3.84. The van der Waals surface area contributed by atoms with Crippen molar-refractivity contribution in [2.45, 2.75) is 18.3 Å². The summed E-state index contributed by atoms with van der Waals surface area (Å²) in [6.07, 6.45) is 1.58. The summed E-state index contributed by atoms with van der Waals surface area (Å²) in [7, 11) is 1.34. The smallest absolute Gasteiger partial charge is 0.354 e. The number of benzene rings is 2. The molecule has 5 rings (SSSR count). The van der Waals surface area contributed by atoms with E-state index in [1.54, 1.807) is 6.07 Å². The number of aromatic nitrogens is 1. The first-order valence-electron chi connectivity index (χ1n) is 9.02. The van der Waals surface area contributed by atoms with E-state index in [1.165, 1.54) is 7.11 Å². The molecule has 2 aliphatic rings. The second-order valence-corrected chi connectivity index (χ2v) is 7.08. The van der Waals surface area contributed by atoms with Crippen molar-refractivity contribution in [3.05, 3.63) is 53.7 Å². The monoisotopic (exact) mass is 378 g/mol. The fourth-order valence-corrected chi connectivity index (χ4v) is 3.65. The number of amides is 1. The van der Waals surface area contributed by atoms with Crippen LogP contribution in [0.5, 0.6) is 11.5 Å². The minimum absolute atomic E-state index is 0.0468. The molecule has 1 aromatic heterocycles. The Balaban J connectivity index is 1.39. The lowest BCUT2D eigenvalue weighted by Gasteiger charge is -2.16. The zero-order chi connectivity index (χ0) is 19.3. The molecule has 0 unspecified atom stereocenters. The van der Waals surface area contributed by atoms with Crippen LogP contribution >= 0.6 is 0 Å². The molecule has 1 aliphatic heterocycles. The third-order valence-electron chi connectivity index (χ3n) is 5.39. The van der Waals surface area contributed by atoms with Crippen LogP contribution in [0, 0.1) is 0 Å². The van der Waals surface area contributed by atoms with Crippen molar-refractivity contribution in [2.75, 3.05) is 19.2 Å². The number of anilines is 1. The highest BCUT2D eigenvalue weighted by Crippen LogP contribution is 2.51. The van der Waals surface area contributed by atoms with E-state index in [2.05, 4.69) is 10.3 Å². The Kier molecular flexibility index (Phi) is 3.58. The Hall–Kier alpha value is -3.48. The van der Waals surface area contributed by atoms with Gasteiger partial charge in [0.1, 0.15) is 5.69 Å². The molecule has 2 aromatic carbocycles. The molecule has 142 valence electrons. The van der Waals surface area contributed by atoms with Crippen LogP contribution in [0.25, 0.3) is 10.9 Å². The molecule has 7 nitrogen and oxygen atoms in total. The second kappa shape index (κ2) is 6.02. The number of methoxy groups -OCH3 is 1. The third kappa shape index (κ3) is 2.58. The molecule has 0 bridgehead atoms. The average molecular weight is 378 g/mol. The number of carbonyl (C=O) groups excluding carboxylic acids is 2. The number of hydrogen-bond acceptors (Lipinski definition) is 5. The SMILES string of the molecule is COC(=O)c1cc2cc(NC(=O)C3(c4ccc5c(c4)OCO5)CC3)ccc2[nH]1. The number of esters is 1. The molecule has 0 saturated heterocycles. The third-order valence-corrected chi connectivity index (χ3v) is 5.39. The maximum Gasteiger partial charge on any atom is 0.354 e. The molecule has 2 heterocycles. The van der Waals surface area contributed by atoms with Crippen LogP contribution in [0.3, 0.4) is 0 Å². The quantitative estimate of drug-likeness (QED) is 0.680. The van der Waals surface area contributed by atoms with Crippen LogP contribution < -0.4 is 14.8 Å². The summed E-state index contributed by atoms with van der Waals surface area (Å²) < 4.78 is 15.5. The predicted molar refractivity (Wildman–Crippen MR) is 102 cm³/mol. The Morgan fingerprint density at radius 1 is 1.07 bits per heavy atom. The molecule has 2 N–H and O–H groups in total. The van der Waals surface area contributed by atoms with Crippen molar-refractivity contribution in [1.82, 2.24) is 4.98 Å². The minimum Gasteiger partial charge on any atom is -0.464 e. The Morgan fingerprint density at radius 3 is 2.68 bits per heavy atom. The van der Waals surface area contributed by atoms with E-state index in [0.717, 1.165) is 29.3 Å². The topological polar surface area (TPSA) is 89.7 Å². The van der Waals surface area contributed by atoms with Crippen LogP contribution in [0.15, 0.2) is 42.5 Å². The number of aromatic amines is 1. The summed E-state index contributed by atoms with van der Waals surface area (Å²) in [5.41, 5.74) is 2.26. The summed E-state index contributed by atoms with van der Waals surface area (Å²) in [5.74, 6) is 0.913. The lowest BCUT2D eigenvalue weighted by molar-refractivity contribution is -0.118. The van der Waals surface area contributed by atoms with Crippen molar-refractivity contribution in [1.29, 1.82) is 0 Å². The summed E-state index contributed by atoms with van der Waals surface area (Å²) in [6.45, 7) is 0.211. The molecule has 1 aliphatic carbocycles. The number of nitrogens with one attached hydrogen (secondary N) is 2. The number of rotatable bonds is 4. The standard InChI is InChI=1S/C21H18N2O5/c1-26-19(24)16-9-12-8-14(3-4-15(12)23-16)22-20(25)21(6-7-21)13-2-5-17-18(10-13)28-11-27-17/h2-5,8-10,23H,6-7,11H2,1H3,(H,22,25). The van der Waals surface area contributed by atoms with Crippen LogP contribution in [0.1, 0.15) is 28.9 Å². The highest BCUT2D eigenvalue weighted by Gasteiger charge is 2.51. The van der Waals surface area contributed by atoms with Crippen LogP contribution in [0.2, 0.25) is 0 Å². The second-order valence-electron chi connectivity index (χ2n) is 7.08. The Bertz CT molecular complexity index is 1110. The molecule has 3 aromatic rings. The fraction of sp³-hybridized carbons (Fsp3) is 0.238. The average Bonchev–Trinajstić information content (AvgIpc) is 3.20. The molecule has 1 amide bonds. The number of hydrogen-bond donors (Lipinski definition) is 2. The minimum atomic E-state index is -0.536. The van der Waals surface area contributed by atoms with Gasteiger partial charge < -0.3 is 24.5 Å². The predicted octanol–water partition coefficient (Wildman–Crippen LogP) is 3.35. The van der Waals surface area contributed by atoms with E-state index < -0.39 is 11.4 Å². The van der Waals surface area contributed by atoms with Crippen molar-refractivity contribution < 1.29 is 23.8 Å². The highest BCUT2D eigenvalue weighted by molar-refractivity contribution is 6.03. The van der Waals surface area contributed by atoms with Gasteiger partial charge in [0.05, 0.1) is 12.5 Å². The lowest BCUT2D eigenvalue weighted by Crippen LogP contribution is -2.27. The molecule has 0 radical (unpaired) electrons. The summed E-state index contributed by atoms with van der Waals surface area (Å²) in [4.78, 5) is 27.7. The molecule has 0 atom stereocenters. The van der Waals surface area contributed by atoms with Gasteiger partial charge in [0.2, 0.25) is 12.7 Å². The fourth-order valence-electron chi connectivity index (χ4n) is 3.65. The Labute approximate surface area is 160 Å². The van der Waals surface area contributed by atoms with Gasteiger partial charge in [0.15, 0.2) is 11.5 Å². The van der Waals surface area contributed by atoms with Gasteiger partial charge in [-0.1, -0.05) is 6.07 Å². The van der Waals surface area contributed by atoms with Gasteiger partial charge in [-0.3, -0.25) is 4.79 Å². The van der Waals surface area contributed by atoms with E-state index in [0.29, 0.717) is 22.9 Å². The molecule has 1 fully saturated rings. The van der Waals surface area contributed by atoms with Gasteiger partial charge in [-0.15, -0.1) is 0 Å². The number of fused-ring (bicyclic) bond motifs is 2. The normalized spacial score (nSPS) is 16.0. The van der Waals surface area contributed by atoms with Crippen molar-refractivity contribution in [3.63, 3.8) is 0 Å². The molecular weight excluding hydrogens is 360 g/mol. The first-order valence-corrected chi connectivity index (χ1v) is 9.02. The Morgan fingerprint density at radius 2 is 1.89 bits per heavy atom. The first kappa shape index (κ1) is 16.7. The number of carbonyl (C=O) groups is 2. The zero-order valence-electron chi connectivity index (χ0n) is 15.2. The van der Waals surface area contributed by atoms with E-state index in [-0.39, 0.29) is 12.7 Å². The van der Waals surface area contributed by atoms with E-state index >= 15 is 0 Å². The van der Waals surface area contributed by atoms with Crippen molar-refractivity contribution in [2.24, 2.45) is 0 Å². The summed E-state index contributed by atoms with van der Waals surface area (Å²) in [6, 6.07) is 12.9. The van der Waals surface area contributed by atoms with Gasteiger partial charge in [0.25, 0.3) is 0 Å². The highest BCUT2D eigenvalue weighted by atomic mass is 16.7. The first-order chi connectivity index (χ1) is 13.6. The number of H-pyrrole nitrogens is 1. The van der Waals surface area contributed by atoms with Crippen LogP contribution in [-0.2, 0) is 14.9 Å². The molecule has 28 heavy (non-hydrogen) atoms. The van der Waals surface area contributed by atoms with Gasteiger partial charge in [-0.2, -0.15) is 0 Å². The maximum atomic E-state index is 13.0. The van der Waals surface area contributed by atoms with E-state index in [9.17, 15) is 9.59 Å².